The number of hydrogen-bond donors (Lipinski definition) is 1. The fourth-order valence-electron chi connectivity index (χ4n) is 3.99. The molecule has 1 N–H and O–H groups in total. The highest BCUT2D eigenvalue weighted by Gasteiger charge is 2.34. The zero-order chi connectivity index (χ0) is 23.6. The van der Waals surface area contributed by atoms with Gasteiger partial charge < -0.3 is 19.3 Å². The number of aromatic nitrogens is 2. The van der Waals surface area contributed by atoms with Crippen LogP contribution in [-0.4, -0.2) is 58.6 Å². The number of hydrogen-bond acceptors (Lipinski definition) is 6. The predicted molar refractivity (Wildman–Crippen MR) is 118 cm³/mol. The lowest BCUT2D eigenvalue weighted by atomic mass is 10.1. The number of rotatable bonds is 5. The number of benzene rings is 1. The van der Waals surface area contributed by atoms with Crippen LogP contribution in [0, 0.1) is 0 Å². The second-order valence-corrected chi connectivity index (χ2v) is 8.48. The number of carbonyl (C=O) groups is 2. The van der Waals surface area contributed by atoms with E-state index < -0.39 is 11.7 Å². The molecular formula is C21H24F3N5O3S. The van der Waals surface area contributed by atoms with Crippen molar-refractivity contribution in [3.05, 3.63) is 36.0 Å². The first kappa shape index (κ1) is 23.3. The Morgan fingerprint density at radius 3 is 2.61 bits per heavy atom. The largest absolute Gasteiger partial charge is 0.488 e. The molecule has 2 fully saturated rings. The van der Waals surface area contributed by atoms with Crippen LogP contribution in [0.3, 0.4) is 0 Å². The third-order valence-corrected chi connectivity index (χ3v) is 6.06. The molecule has 33 heavy (non-hydrogen) atoms. The smallest absolute Gasteiger partial charge is 0.416 e. The van der Waals surface area contributed by atoms with Crippen LogP contribution in [0.25, 0.3) is 0 Å². The van der Waals surface area contributed by atoms with E-state index in [1.807, 2.05) is 6.26 Å². The van der Waals surface area contributed by atoms with Crippen LogP contribution in [-0.2, 0) is 11.0 Å². The van der Waals surface area contributed by atoms with Crippen LogP contribution in [0.15, 0.2) is 30.5 Å². The lowest BCUT2D eigenvalue weighted by Gasteiger charge is -2.32. The minimum atomic E-state index is -4.51. The molecule has 3 heterocycles. The minimum Gasteiger partial charge on any atom is -0.488 e. The molecule has 0 unspecified atom stereocenters. The lowest BCUT2D eigenvalue weighted by molar-refractivity contribution is -0.137. The summed E-state index contributed by atoms with van der Waals surface area (Å²) in [6.07, 6.45) is 0.564. The Hall–Kier alpha value is -2.89. The highest BCUT2D eigenvalue weighted by Crippen LogP contribution is 2.39. The molecule has 1 aromatic heterocycles. The monoisotopic (exact) mass is 483 g/mol. The summed E-state index contributed by atoms with van der Waals surface area (Å²) in [4.78, 5) is 27.9. The number of nitrogens with one attached hydrogen (secondary N) is 1. The van der Waals surface area contributed by atoms with Crippen molar-refractivity contribution in [3.63, 3.8) is 0 Å². The molecular weight excluding hydrogens is 459 g/mol. The second-order valence-electron chi connectivity index (χ2n) is 7.87. The quantitative estimate of drug-likeness (QED) is 0.642. The van der Waals surface area contributed by atoms with Crippen molar-refractivity contribution in [3.8, 4) is 5.75 Å². The van der Waals surface area contributed by atoms with Gasteiger partial charge in [0.1, 0.15) is 11.9 Å². The van der Waals surface area contributed by atoms with Gasteiger partial charge in [-0.1, -0.05) is 11.9 Å². The Morgan fingerprint density at radius 1 is 1.21 bits per heavy atom. The molecule has 8 nitrogen and oxygen atoms in total. The van der Waals surface area contributed by atoms with Crippen molar-refractivity contribution in [2.75, 3.05) is 35.5 Å². The normalized spacial score (nSPS) is 17.5. The summed E-state index contributed by atoms with van der Waals surface area (Å²) in [5, 5.41) is 4.19. The molecule has 0 atom stereocenters. The molecule has 0 bridgehead atoms. The number of alkyl halides is 3. The van der Waals surface area contributed by atoms with Crippen LogP contribution in [0.4, 0.5) is 29.5 Å². The number of halogens is 3. The van der Waals surface area contributed by atoms with Crippen LogP contribution >= 0.6 is 11.9 Å². The second kappa shape index (κ2) is 9.54. The highest BCUT2D eigenvalue weighted by atomic mass is 32.2. The van der Waals surface area contributed by atoms with Crippen molar-refractivity contribution in [2.24, 2.45) is 0 Å². The summed E-state index contributed by atoms with van der Waals surface area (Å²) in [5.74, 6) is 0.623. The molecule has 2 aliphatic heterocycles. The van der Waals surface area contributed by atoms with E-state index in [-0.39, 0.29) is 29.5 Å². The molecule has 2 amide bonds. The minimum absolute atomic E-state index is 0.149. The standard InChI is InChI=1S/C21H24F3N5O3S/c1-33-26-18-8-12-29(25-18)20(31)27-10-6-15(7-11-27)32-17-5-4-14(21(22,23)24)13-16(17)28-9-2-3-19(28)30/h4-5,8,12-13,15H,2-3,6-7,9-11H2,1H3,(H,25,26). The van der Waals surface area contributed by atoms with Crippen LogP contribution < -0.4 is 14.4 Å². The molecule has 178 valence electrons. The van der Waals surface area contributed by atoms with Gasteiger partial charge in [0, 0.05) is 57.4 Å². The van der Waals surface area contributed by atoms with Gasteiger partial charge in [0.05, 0.1) is 11.3 Å². The summed E-state index contributed by atoms with van der Waals surface area (Å²) in [6.45, 7) is 1.21. The summed E-state index contributed by atoms with van der Waals surface area (Å²) in [5.41, 5.74) is -0.671. The van der Waals surface area contributed by atoms with Crippen molar-refractivity contribution >= 4 is 35.4 Å². The molecule has 4 rings (SSSR count). The van der Waals surface area contributed by atoms with E-state index in [0.29, 0.717) is 51.1 Å². The van der Waals surface area contributed by atoms with Crippen molar-refractivity contribution in [1.29, 1.82) is 0 Å². The van der Waals surface area contributed by atoms with Crippen molar-refractivity contribution in [2.45, 2.75) is 38.0 Å². The number of carbonyl (C=O) groups excluding carboxylic acids is 2. The van der Waals surface area contributed by atoms with E-state index in [9.17, 15) is 22.8 Å². The molecule has 0 radical (unpaired) electrons. The van der Waals surface area contributed by atoms with Crippen LogP contribution in [0.1, 0.15) is 31.2 Å². The highest BCUT2D eigenvalue weighted by molar-refractivity contribution is 7.99. The topological polar surface area (TPSA) is 79.7 Å². The van der Waals surface area contributed by atoms with Gasteiger partial charge in [-0.3, -0.25) is 4.79 Å². The number of likely N-dealkylation sites (tertiary alicyclic amines) is 1. The van der Waals surface area contributed by atoms with Gasteiger partial charge in [0.2, 0.25) is 5.91 Å². The molecule has 0 saturated carbocycles. The molecule has 2 aromatic rings. The molecule has 2 aliphatic rings. The molecule has 0 aliphatic carbocycles. The fourth-order valence-corrected chi connectivity index (χ4v) is 4.30. The number of ether oxygens (including phenoxy) is 1. The SMILES string of the molecule is CSNc1ccn(C(=O)N2CCC(Oc3ccc(C(F)(F)F)cc3N3CCCC3=O)CC2)n1. The van der Waals surface area contributed by atoms with E-state index in [1.54, 1.807) is 17.2 Å². The zero-order valence-corrected chi connectivity index (χ0v) is 18.8. The number of piperidine rings is 1. The van der Waals surface area contributed by atoms with E-state index in [4.69, 9.17) is 4.74 Å². The first-order valence-corrected chi connectivity index (χ1v) is 11.8. The Kier molecular flexibility index (Phi) is 6.73. The maximum Gasteiger partial charge on any atom is 0.416 e. The first-order valence-electron chi connectivity index (χ1n) is 10.6. The van der Waals surface area contributed by atoms with E-state index in [1.165, 1.54) is 27.6 Å². The molecule has 1 aromatic carbocycles. The summed E-state index contributed by atoms with van der Waals surface area (Å²) in [6, 6.07) is 4.69. The van der Waals surface area contributed by atoms with E-state index in [0.717, 1.165) is 12.1 Å². The van der Waals surface area contributed by atoms with E-state index >= 15 is 0 Å². The summed E-state index contributed by atoms with van der Waals surface area (Å²) >= 11 is 1.37. The summed E-state index contributed by atoms with van der Waals surface area (Å²) in [7, 11) is 0. The molecule has 0 spiro atoms. The molecule has 12 heteroatoms. The Morgan fingerprint density at radius 2 is 1.97 bits per heavy atom. The lowest BCUT2D eigenvalue weighted by Crippen LogP contribution is -2.43. The van der Waals surface area contributed by atoms with Crippen molar-refractivity contribution < 1.29 is 27.5 Å². The van der Waals surface area contributed by atoms with E-state index in [2.05, 4.69) is 9.82 Å². The van der Waals surface area contributed by atoms with Crippen LogP contribution in [0.2, 0.25) is 0 Å². The van der Waals surface area contributed by atoms with Crippen molar-refractivity contribution in [1.82, 2.24) is 14.7 Å². The van der Waals surface area contributed by atoms with Gasteiger partial charge in [-0.05, 0) is 24.6 Å². The van der Waals surface area contributed by atoms with Gasteiger partial charge in [-0.2, -0.15) is 17.9 Å². The predicted octanol–water partition coefficient (Wildman–Crippen LogP) is 4.23. The Balaban J connectivity index is 1.43. The molecule has 2 saturated heterocycles. The first-order chi connectivity index (χ1) is 15.8. The summed E-state index contributed by atoms with van der Waals surface area (Å²) < 4.78 is 50.0. The number of amides is 2. The third-order valence-electron chi connectivity index (χ3n) is 5.65. The van der Waals surface area contributed by atoms with Gasteiger partial charge in [0.15, 0.2) is 5.82 Å². The van der Waals surface area contributed by atoms with Gasteiger partial charge >= 0.3 is 12.2 Å². The fraction of sp³-hybridized carbons (Fsp3) is 0.476. The maximum absolute atomic E-state index is 13.3. The Labute approximate surface area is 193 Å². The Bertz CT molecular complexity index is 1020. The van der Waals surface area contributed by atoms with Gasteiger partial charge in [-0.15, -0.1) is 5.10 Å². The van der Waals surface area contributed by atoms with Gasteiger partial charge in [-0.25, -0.2) is 4.79 Å². The zero-order valence-electron chi connectivity index (χ0n) is 18.0. The average molecular weight is 484 g/mol. The third kappa shape index (κ3) is 5.21. The number of anilines is 2. The van der Waals surface area contributed by atoms with Crippen LogP contribution in [0.5, 0.6) is 5.75 Å². The van der Waals surface area contributed by atoms with Gasteiger partial charge in [0.25, 0.3) is 0 Å². The number of nitrogens with zero attached hydrogens (tertiary/aromatic N) is 4. The average Bonchev–Trinajstić information content (AvgIpc) is 3.43. The maximum atomic E-state index is 13.3.